The summed E-state index contributed by atoms with van der Waals surface area (Å²) in [5.74, 6) is -1.88. The van der Waals surface area contributed by atoms with Crippen LogP contribution in [0.2, 0.25) is 0 Å². The zero-order valence-electron chi connectivity index (χ0n) is 18.5. The highest BCUT2D eigenvalue weighted by Crippen LogP contribution is 2.40. The van der Waals surface area contributed by atoms with Crippen LogP contribution in [-0.4, -0.2) is 60.4 Å². The summed E-state index contributed by atoms with van der Waals surface area (Å²) in [7, 11) is 3.68. The average molecular weight is 438 g/mol. The fourth-order valence-corrected chi connectivity index (χ4v) is 3.70. The van der Waals surface area contributed by atoms with Crippen molar-refractivity contribution in [3.05, 3.63) is 83.2 Å². The first-order chi connectivity index (χ1) is 15.3. The van der Waals surface area contributed by atoms with E-state index in [1.165, 1.54) is 23.1 Å². The Bertz CT molecular complexity index is 1080. The van der Waals surface area contributed by atoms with Crippen molar-refractivity contribution in [1.82, 2.24) is 9.80 Å². The van der Waals surface area contributed by atoms with E-state index >= 15 is 0 Å². The molecule has 7 heteroatoms. The van der Waals surface area contributed by atoms with Crippen molar-refractivity contribution in [2.45, 2.75) is 13.0 Å². The third-order valence-electron chi connectivity index (χ3n) is 5.33. The molecule has 1 amide bonds. The lowest BCUT2D eigenvalue weighted by Crippen LogP contribution is -2.35. The molecule has 2 aromatic carbocycles. The van der Waals surface area contributed by atoms with Gasteiger partial charge in [-0.05, 0) is 50.8 Å². The summed E-state index contributed by atoms with van der Waals surface area (Å²) in [6.07, 6.45) is 1.62. The highest BCUT2D eigenvalue weighted by Gasteiger charge is 2.46. The fourth-order valence-electron chi connectivity index (χ4n) is 3.70. The van der Waals surface area contributed by atoms with Crippen molar-refractivity contribution < 1.29 is 23.8 Å². The molecule has 0 radical (unpaired) electrons. The van der Waals surface area contributed by atoms with Crippen LogP contribution in [0.1, 0.15) is 22.7 Å². The third kappa shape index (κ3) is 4.57. The molecule has 0 bridgehead atoms. The van der Waals surface area contributed by atoms with E-state index in [4.69, 9.17) is 4.74 Å². The monoisotopic (exact) mass is 438 g/mol. The number of hydrogen-bond acceptors (Lipinski definition) is 5. The van der Waals surface area contributed by atoms with Crippen molar-refractivity contribution in [2.24, 2.45) is 0 Å². The highest BCUT2D eigenvalue weighted by molar-refractivity contribution is 6.46. The Morgan fingerprint density at radius 3 is 2.59 bits per heavy atom. The van der Waals surface area contributed by atoms with Gasteiger partial charge in [0.2, 0.25) is 0 Å². The zero-order valence-corrected chi connectivity index (χ0v) is 18.5. The normalized spacial score (nSPS) is 17.8. The predicted octanol–water partition coefficient (Wildman–Crippen LogP) is 3.68. The van der Waals surface area contributed by atoms with Crippen molar-refractivity contribution in [3.8, 4) is 5.75 Å². The summed E-state index contributed by atoms with van der Waals surface area (Å²) in [5, 5.41) is 11.1. The second kappa shape index (κ2) is 9.78. The molecule has 1 unspecified atom stereocenters. The van der Waals surface area contributed by atoms with E-state index in [0.717, 1.165) is 5.56 Å². The maximum atomic E-state index is 14.8. The first kappa shape index (κ1) is 23.2. The number of halogens is 1. The highest BCUT2D eigenvalue weighted by atomic mass is 19.1. The van der Waals surface area contributed by atoms with Gasteiger partial charge in [0.25, 0.3) is 11.7 Å². The molecule has 1 aliphatic heterocycles. The number of hydrogen-bond donors (Lipinski definition) is 1. The first-order valence-corrected chi connectivity index (χ1v) is 10.3. The molecule has 1 N–H and O–H groups in total. The molecule has 0 spiro atoms. The van der Waals surface area contributed by atoms with Gasteiger partial charge in [-0.2, -0.15) is 0 Å². The number of Topliss-reactive ketones (excluding diaryl/α,β-unsaturated/α-hetero) is 1. The van der Waals surface area contributed by atoms with Crippen LogP contribution in [0.5, 0.6) is 5.75 Å². The summed E-state index contributed by atoms with van der Waals surface area (Å²) >= 11 is 0. The minimum atomic E-state index is -1.02. The maximum absolute atomic E-state index is 14.8. The number of carbonyl (C=O) groups is 2. The molecule has 0 aromatic heterocycles. The van der Waals surface area contributed by atoms with Crippen molar-refractivity contribution in [3.63, 3.8) is 0 Å². The van der Waals surface area contributed by atoms with Crippen molar-refractivity contribution in [1.29, 1.82) is 0 Å². The van der Waals surface area contributed by atoms with Gasteiger partial charge in [0, 0.05) is 24.2 Å². The van der Waals surface area contributed by atoms with E-state index in [2.05, 4.69) is 6.58 Å². The summed E-state index contributed by atoms with van der Waals surface area (Å²) in [5.41, 5.74) is 1.12. The number of aliphatic hydroxyl groups is 1. The molecule has 168 valence electrons. The lowest BCUT2D eigenvalue weighted by atomic mass is 9.94. The van der Waals surface area contributed by atoms with E-state index in [1.54, 1.807) is 37.3 Å². The number of likely N-dealkylation sites (tertiary alicyclic amines) is 1. The second-order valence-corrected chi connectivity index (χ2v) is 7.90. The number of aryl methyl sites for hydroxylation is 1. The van der Waals surface area contributed by atoms with Crippen molar-refractivity contribution in [2.75, 3.05) is 33.8 Å². The number of nitrogens with zero attached hydrogens (tertiary/aromatic N) is 2. The van der Waals surface area contributed by atoms with Crippen LogP contribution in [0.25, 0.3) is 5.76 Å². The third-order valence-corrected chi connectivity index (χ3v) is 5.33. The van der Waals surface area contributed by atoms with Crippen LogP contribution in [0, 0.1) is 12.7 Å². The van der Waals surface area contributed by atoms with E-state index in [-0.39, 0.29) is 23.4 Å². The van der Waals surface area contributed by atoms with Gasteiger partial charge in [-0.25, -0.2) is 4.39 Å². The molecule has 2 aromatic rings. The summed E-state index contributed by atoms with van der Waals surface area (Å²) in [6, 6.07) is 9.90. The number of aliphatic hydroxyl groups excluding tert-OH is 1. The van der Waals surface area contributed by atoms with Crippen LogP contribution in [-0.2, 0) is 9.59 Å². The molecular formula is C25H27FN2O4. The van der Waals surface area contributed by atoms with Crippen LogP contribution in [0.4, 0.5) is 4.39 Å². The Balaban J connectivity index is 2.12. The van der Waals surface area contributed by atoms with Crippen molar-refractivity contribution >= 4 is 17.4 Å². The first-order valence-electron chi connectivity index (χ1n) is 10.3. The lowest BCUT2D eigenvalue weighted by Gasteiger charge is -2.26. The molecule has 0 saturated carbocycles. The number of likely N-dealkylation sites (N-methyl/N-ethyl adjacent to an activating group) is 1. The van der Waals surface area contributed by atoms with Gasteiger partial charge >= 0.3 is 0 Å². The van der Waals surface area contributed by atoms with E-state index in [9.17, 15) is 19.1 Å². The number of carbonyl (C=O) groups excluding carboxylic acids is 2. The maximum Gasteiger partial charge on any atom is 0.295 e. The molecule has 1 atom stereocenters. The van der Waals surface area contributed by atoms with Crippen LogP contribution >= 0.6 is 0 Å². The molecule has 32 heavy (non-hydrogen) atoms. The fraction of sp³-hybridized carbons (Fsp3) is 0.280. The zero-order chi connectivity index (χ0) is 23.4. The number of ether oxygens (including phenoxy) is 1. The topological polar surface area (TPSA) is 70.1 Å². The smallest absolute Gasteiger partial charge is 0.295 e. The summed E-state index contributed by atoms with van der Waals surface area (Å²) in [4.78, 5) is 29.0. The number of ketones is 1. The Kier molecular flexibility index (Phi) is 7.10. The Labute approximate surface area is 187 Å². The molecule has 1 heterocycles. The van der Waals surface area contributed by atoms with Crippen LogP contribution < -0.4 is 4.74 Å². The SMILES string of the molecule is C=CCOc1ccc(/C(O)=C2\C(=O)C(=O)N(CCN(C)C)C2c2ccccc2F)cc1C. The predicted molar refractivity (Wildman–Crippen MR) is 121 cm³/mol. The van der Waals surface area contributed by atoms with Gasteiger partial charge in [-0.1, -0.05) is 30.9 Å². The van der Waals surface area contributed by atoms with E-state index in [1.807, 2.05) is 19.0 Å². The molecular weight excluding hydrogens is 411 g/mol. The minimum absolute atomic E-state index is 0.127. The Hall–Kier alpha value is -3.45. The van der Waals surface area contributed by atoms with Gasteiger partial charge in [0.05, 0.1) is 11.6 Å². The van der Waals surface area contributed by atoms with Gasteiger partial charge < -0.3 is 19.6 Å². The number of benzene rings is 2. The van der Waals surface area contributed by atoms with Gasteiger partial charge in [0.15, 0.2) is 0 Å². The minimum Gasteiger partial charge on any atom is -0.507 e. The number of rotatable bonds is 8. The average Bonchev–Trinajstić information content (AvgIpc) is 3.01. The molecule has 0 aliphatic carbocycles. The molecule has 3 rings (SSSR count). The molecule has 6 nitrogen and oxygen atoms in total. The van der Waals surface area contributed by atoms with Gasteiger partial charge in [-0.3, -0.25) is 9.59 Å². The Morgan fingerprint density at radius 1 is 1.25 bits per heavy atom. The molecule has 1 aliphatic rings. The largest absolute Gasteiger partial charge is 0.507 e. The summed E-state index contributed by atoms with van der Waals surface area (Å²) < 4.78 is 20.3. The van der Waals surface area contributed by atoms with Gasteiger partial charge in [0.1, 0.15) is 23.9 Å². The van der Waals surface area contributed by atoms with E-state index < -0.39 is 23.5 Å². The molecule has 1 fully saturated rings. The molecule has 1 saturated heterocycles. The summed E-state index contributed by atoms with van der Waals surface area (Å²) in [6.45, 7) is 6.44. The second-order valence-electron chi connectivity index (χ2n) is 7.90. The number of amides is 1. The van der Waals surface area contributed by atoms with Crippen LogP contribution in [0.15, 0.2) is 60.7 Å². The van der Waals surface area contributed by atoms with Crippen LogP contribution in [0.3, 0.4) is 0 Å². The van der Waals surface area contributed by atoms with E-state index in [0.29, 0.717) is 24.5 Å². The lowest BCUT2D eigenvalue weighted by molar-refractivity contribution is -0.140. The van der Waals surface area contributed by atoms with Gasteiger partial charge in [-0.15, -0.1) is 0 Å². The standard InChI is InChI=1S/C25H27FN2O4/c1-5-14-32-20-11-10-17(15-16(20)2)23(29)21-22(18-8-6-7-9-19(18)26)28(13-12-27(3)4)25(31)24(21)30/h5-11,15,22,29H,1,12-14H2,2-4H3/b23-21+. The Morgan fingerprint density at radius 2 is 1.97 bits per heavy atom. The quantitative estimate of drug-likeness (QED) is 0.295.